The lowest BCUT2D eigenvalue weighted by Gasteiger charge is -2.15. The Balaban J connectivity index is 2.05. The molecule has 0 saturated carbocycles. The number of benzene rings is 2. The van der Waals surface area contributed by atoms with Crippen LogP contribution in [0.3, 0.4) is 0 Å². The number of anilines is 3. The van der Waals surface area contributed by atoms with Gasteiger partial charge in [-0.25, -0.2) is 4.39 Å². The number of pyridine rings is 1. The van der Waals surface area contributed by atoms with E-state index in [0.717, 1.165) is 0 Å². The molecule has 9 heteroatoms. The van der Waals surface area contributed by atoms with Gasteiger partial charge >= 0.3 is 0 Å². The fraction of sp³-hybridized carbons (Fsp3) is 0.174. The highest BCUT2D eigenvalue weighted by Gasteiger charge is 2.15. The van der Waals surface area contributed by atoms with E-state index in [4.69, 9.17) is 4.74 Å². The summed E-state index contributed by atoms with van der Waals surface area (Å²) >= 11 is 3.17. The summed E-state index contributed by atoms with van der Waals surface area (Å²) in [5.74, 6) is -0.280. The predicted octanol–water partition coefficient (Wildman–Crippen LogP) is 4.82. The maximum absolute atomic E-state index is 13.6. The number of hydrogen-bond acceptors (Lipinski definition) is 6. The third-order valence-electron chi connectivity index (χ3n) is 4.50. The van der Waals surface area contributed by atoms with Crippen molar-refractivity contribution in [3.05, 3.63) is 64.5 Å². The monoisotopic (exact) mass is 497 g/mol. The number of halogens is 2. The molecular formula is C23H21BrFN5O2. The van der Waals surface area contributed by atoms with E-state index in [9.17, 15) is 14.4 Å². The molecule has 0 aliphatic heterocycles. The van der Waals surface area contributed by atoms with Gasteiger partial charge in [0.25, 0.3) is 0 Å². The van der Waals surface area contributed by atoms with Crippen molar-refractivity contribution in [3.63, 3.8) is 0 Å². The van der Waals surface area contributed by atoms with Crippen molar-refractivity contribution >= 4 is 49.8 Å². The summed E-state index contributed by atoms with van der Waals surface area (Å²) in [7, 11) is 5.31. The molecule has 1 amide bonds. The Hall–Kier alpha value is -3.48. The van der Waals surface area contributed by atoms with Gasteiger partial charge in [0, 0.05) is 36.0 Å². The van der Waals surface area contributed by atoms with Crippen LogP contribution >= 0.6 is 15.9 Å². The number of nitrogens with zero attached hydrogens (tertiary/aromatic N) is 3. The maximum atomic E-state index is 13.6. The van der Waals surface area contributed by atoms with E-state index in [-0.39, 0.29) is 5.91 Å². The van der Waals surface area contributed by atoms with Crippen LogP contribution in [-0.2, 0) is 4.79 Å². The number of rotatable bonds is 7. The minimum absolute atomic E-state index is 0.290. The van der Waals surface area contributed by atoms with Gasteiger partial charge < -0.3 is 20.3 Å². The summed E-state index contributed by atoms with van der Waals surface area (Å²) in [5, 5.41) is 16.2. The molecule has 0 radical (unpaired) electrons. The molecule has 0 unspecified atom stereocenters. The Kier molecular flexibility index (Phi) is 7.41. The first kappa shape index (κ1) is 23.2. The average Bonchev–Trinajstić information content (AvgIpc) is 2.76. The Morgan fingerprint density at radius 1 is 1.34 bits per heavy atom. The van der Waals surface area contributed by atoms with E-state index in [2.05, 4.69) is 37.6 Å². The lowest BCUT2D eigenvalue weighted by molar-refractivity contribution is -0.111. The van der Waals surface area contributed by atoms with Crippen LogP contribution in [0.15, 0.2) is 53.2 Å². The predicted molar refractivity (Wildman–Crippen MR) is 127 cm³/mol. The second kappa shape index (κ2) is 10.2. The van der Waals surface area contributed by atoms with Crippen molar-refractivity contribution in [2.24, 2.45) is 0 Å². The van der Waals surface area contributed by atoms with Crippen molar-refractivity contribution in [2.75, 3.05) is 38.4 Å². The molecule has 0 aliphatic carbocycles. The minimum atomic E-state index is -0.396. The summed E-state index contributed by atoms with van der Waals surface area (Å²) in [6.07, 6.45) is 4.64. The first-order chi connectivity index (χ1) is 15.3. The van der Waals surface area contributed by atoms with E-state index in [1.54, 1.807) is 30.3 Å². The molecule has 0 atom stereocenters. The molecule has 7 nitrogen and oxygen atoms in total. The molecule has 1 aromatic heterocycles. The van der Waals surface area contributed by atoms with Crippen molar-refractivity contribution in [1.29, 1.82) is 5.26 Å². The molecule has 0 spiro atoms. The first-order valence-corrected chi connectivity index (χ1v) is 10.4. The van der Waals surface area contributed by atoms with Crippen LogP contribution < -0.4 is 15.4 Å². The van der Waals surface area contributed by atoms with Gasteiger partial charge in [0.15, 0.2) is 0 Å². The number of carbonyl (C=O) groups excluding carboxylic acids is 1. The summed E-state index contributed by atoms with van der Waals surface area (Å²) in [5.41, 5.74) is 2.35. The molecule has 3 aromatic rings. The molecule has 32 heavy (non-hydrogen) atoms. The Morgan fingerprint density at radius 2 is 2.12 bits per heavy atom. The van der Waals surface area contributed by atoms with Crippen LogP contribution in [0.1, 0.15) is 5.56 Å². The number of ether oxygens (including phenoxy) is 1. The fourth-order valence-electron chi connectivity index (χ4n) is 2.97. The zero-order chi connectivity index (χ0) is 23.3. The molecule has 164 valence electrons. The third kappa shape index (κ3) is 5.41. The van der Waals surface area contributed by atoms with E-state index < -0.39 is 5.82 Å². The Morgan fingerprint density at radius 3 is 2.78 bits per heavy atom. The molecule has 2 aromatic carbocycles. The molecular weight excluding hydrogens is 477 g/mol. The zero-order valence-electron chi connectivity index (χ0n) is 17.7. The van der Waals surface area contributed by atoms with Crippen LogP contribution in [0.2, 0.25) is 0 Å². The van der Waals surface area contributed by atoms with E-state index >= 15 is 0 Å². The van der Waals surface area contributed by atoms with Crippen molar-refractivity contribution in [3.8, 4) is 11.8 Å². The van der Waals surface area contributed by atoms with Crippen molar-refractivity contribution in [1.82, 2.24) is 9.88 Å². The topological polar surface area (TPSA) is 90.3 Å². The van der Waals surface area contributed by atoms with Crippen LogP contribution in [0, 0.1) is 17.1 Å². The SMILES string of the molecule is COc1cc2ncc(C#N)c(Nc3ccc(F)c(Br)c3)c2cc1NC(=O)C=CCN(C)C. The second-order valence-corrected chi connectivity index (χ2v) is 7.99. The Labute approximate surface area is 193 Å². The van der Waals surface area contributed by atoms with Crippen LogP contribution in [0.5, 0.6) is 5.75 Å². The van der Waals surface area contributed by atoms with Gasteiger partial charge in [0.05, 0.1) is 34.0 Å². The molecule has 0 fully saturated rings. The second-order valence-electron chi connectivity index (χ2n) is 7.14. The number of nitrogens with one attached hydrogen (secondary N) is 2. The van der Waals surface area contributed by atoms with Gasteiger partial charge in [0.2, 0.25) is 5.91 Å². The van der Waals surface area contributed by atoms with Gasteiger partial charge in [-0.1, -0.05) is 6.08 Å². The van der Waals surface area contributed by atoms with Crippen molar-refractivity contribution < 1.29 is 13.9 Å². The lowest BCUT2D eigenvalue weighted by Crippen LogP contribution is -2.13. The molecule has 3 rings (SSSR count). The number of aromatic nitrogens is 1. The van der Waals surface area contributed by atoms with Crippen molar-refractivity contribution in [2.45, 2.75) is 0 Å². The van der Waals surface area contributed by atoms with E-state index in [0.29, 0.717) is 50.3 Å². The molecule has 0 saturated heterocycles. The third-order valence-corrected chi connectivity index (χ3v) is 5.10. The normalized spacial score (nSPS) is 11.0. The number of carbonyl (C=O) groups is 1. The average molecular weight is 498 g/mol. The van der Waals surface area contributed by atoms with Gasteiger partial charge in [-0.15, -0.1) is 0 Å². The standard InChI is InChI=1S/C23H21BrFN5O2/c1-30(2)8-4-5-22(31)29-20-10-16-19(11-21(20)32-3)27-13-14(12-26)23(16)28-15-6-7-18(25)17(24)9-15/h4-7,9-11,13H,8H2,1-3H3,(H,27,28)(H,29,31). The highest BCUT2D eigenvalue weighted by Crippen LogP contribution is 2.36. The quantitative estimate of drug-likeness (QED) is 0.455. The highest BCUT2D eigenvalue weighted by atomic mass is 79.9. The zero-order valence-corrected chi connectivity index (χ0v) is 19.3. The van der Waals surface area contributed by atoms with E-state index in [1.807, 2.05) is 19.0 Å². The number of likely N-dealkylation sites (N-methyl/N-ethyl adjacent to an activating group) is 1. The number of amides is 1. The van der Waals surface area contributed by atoms with Gasteiger partial charge in [-0.2, -0.15) is 5.26 Å². The van der Waals surface area contributed by atoms with Crippen LogP contribution in [0.4, 0.5) is 21.5 Å². The highest BCUT2D eigenvalue weighted by molar-refractivity contribution is 9.10. The first-order valence-electron chi connectivity index (χ1n) is 9.57. The number of fused-ring (bicyclic) bond motifs is 1. The summed E-state index contributed by atoms with van der Waals surface area (Å²) in [6.45, 7) is 0.624. The van der Waals surface area contributed by atoms with Gasteiger partial charge in [-0.05, 0) is 54.3 Å². The summed E-state index contributed by atoms with van der Waals surface area (Å²) < 4.78 is 19.3. The van der Waals surface area contributed by atoms with Crippen LogP contribution in [0.25, 0.3) is 10.9 Å². The maximum Gasteiger partial charge on any atom is 0.248 e. The number of methoxy groups -OCH3 is 1. The molecule has 0 aliphatic rings. The Bertz CT molecular complexity index is 1240. The summed E-state index contributed by atoms with van der Waals surface area (Å²) in [4.78, 5) is 18.6. The summed E-state index contributed by atoms with van der Waals surface area (Å²) in [6, 6.07) is 9.95. The molecule has 0 bridgehead atoms. The lowest BCUT2D eigenvalue weighted by atomic mass is 10.1. The van der Waals surface area contributed by atoms with Gasteiger partial charge in [0.1, 0.15) is 17.6 Å². The van der Waals surface area contributed by atoms with Gasteiger partial charge in [-0.3, -0.25) is 9.78 Å². The van der Waals surface area contributed by atoms with E-state index in [1.165, 1.54) is 25.4 Å². The van der Waals surface area contributed by atoms with Crippen LogP contribution in [-0.4, -0.2) is 43.5 Å². The smallest absolute Gasteiger partial charge is 0.248 e. The fourth-order valence-corrected chi connectivity index (χ4v) is 3.35. The molecule has 2 N–H and O–H groups in total. The number of hydrogen-bond donors (Lipinski definition) is 2. The minimum Gasteiger partial charge on any atom is -0.494 e. The number of nitriles is 1. The molecule has 1 heterocycles. The largest absolute Gasteiger partial charge is 0.494 e.